The van der Waals surface area contributed by atoms with E-state index in [0.29, 0.717) is 5.57 Å². The lowest BCUT2D eigenvalue weighted by molar-refractivity contribution is -0.131. The predicted molar refractivity (Wildman–Crippen MR) is 44.3 cm³/mol. The number of hydrogen-bond acceptors (Lipinski definition) is 2. The Hall–Kier alpha value is -1.18. The molecule has 0 amide bonds. The van der Waals surface area contributed by atoms with Crippen LogP contribution in [0.5, 0.6) is 0 Å². The van der Waals surface area contributed by atoms with E-state index in [2.05, 4.69) is 0 Å². The Morgan fingerprint density at radius 3 is 2.09 bits per heavy atom. The SMILES string of the molecule is CC.CC1=CC=CC(=O)C1=O. The molecule has 0 saturated heterocycles. The maximum Gasteiger partial charge on any atom is 0.228 e. The van der Waals surface area contributed by atoms with Gasteiger partial charge in [0.15, 0.2) is 0 Å². The zero-order valence-electron chi connectivity index (χ0n) is 7.05. The van der Waals surface area contributed by atoms with Crippen molar-refractivity contribution < 1.29 is 9.59 Å². The Morgan fingerprint density at radius 2 is 1.73 bits per heavy atom. The Bertz CT molecular complexity index is 222. The lowest BCUT2D eigenvalue weighted by Gasteiger charge is -1.97. The monoisotopic (exact) mass is 152 g/mol. The van der Waals surface area contributed by atoms with Crippen LogP contribution in [0.4, 0.5) is 0 Å². The van der Waals surface area contributed by atoms with Crippen LogP contribution in [0.25, 0.3) is 0 Å². The Balaban J connectivity index is 0.000000461. The second-order valence-corrected chi connectivity index (χ2v) is 1.90. The van der Waals surface area contributed by atoms with Crippen LogP contribution in [0.15, 0.2) is 23.8 Å². The van der Waals surface area contributed by atoms with Crippen LogP contribution in [-0.2, 0) is 9.59 Å². The first kappa shape index (κ1) is 9.82. The maximum atomic E-state index is 10.7. The minimum Gasteiger partial charge on any atom is -0.286 e. The van der Waals surface area contributed by atoms with Gasteiger partial charge in [-0.2, -0.15) is 0 Å². The topological polar surface area (TPSA) is 34.1 Å². The average molecular weight is 152 g/mol. The molecule has 0 radical (unpaired) electrons. The summed E-state index contributed by atoms with van der Waals surface area (Å²) >= 11 is 0. The van der Waals surface area contributed by atoms with Gasteiger partial charge < -0.3 is 0 Å². The number of ketones is 2. The molecule has 11 heavy (non-hydrogen) atoms. The fraction of sp³-hybridized carbons (Fsp3) is 0.333. The fourth-order valence-electron chi connectivity index (χ4n) is 0.626. The molecule has 0 saturated carbocycles. The number of carbonyl (C=O) groups excluding carboxylic acids is 2. The Kier molecular flexibility index (Phi) is 4.11. The van der Waals surface area contributed by atoms with Crippen LogP contribution >= 0.6 is 0 Å². The molecule has 0 unspecified atom stereocenters. The predicted octanol–water partition coefficient (Wildman–Crippen LogP) is 1.67. The van der Waals surface area contributed by atoms with E-state index in [4.69, 9.17) is 0 Å². The molecule has 1 rings (SSSR count). The van der Waals surface area contributed by atoms with Crippen LogP contribution in [0.1, 0.15) is 20.8 Å². The van der Waals surface area contributed by atoms with Crippen molar-refractivity contribution in [1.29, 1.82) is 0 Å². The van der Waals surface area contributed by atoms with Crippen molar-refractivity contribution in [3.8, 4) is 0 Å². The van der Waals surface area contributed by atoms with Crippen LogP contribution in [0.2, 0.25) is 0 Å². The second kappa shape index (κ2) is 4.61. The molecule has 0 bridgehead atoms. The van der Waals surface area contributed by atoms with Gasteiger partial charge in [0, 0.05) is 5.57 Å². The van der Waals surface area contributed by atoms with Gasteiger partial charge in [0.2, 0.25) is 11.6 Å². The van der Waals surface area contributed by atoms with Crippen molar-refractivity contribution in [1.82, 2.24) is 0 Å². The Morgan fingerprint density at radius 1 is 1.18 bits per heavy atom. The molecule has 0 fully saturated rings. The van der Waals surface area contributed by atoms with Gasteiger partial charge in [0.05, 0.1) is 0 Å². The lowest BCUT2D eigenvalue weighted by atomic mass is 10.0. The van der Waals surface area contributed by atoms with E-state index in [-0.39, 0.29) is 0 Å². The molecule has 2 heteroatoms. The smallest absolute Gasteiger partial charge is 0.228 e. The molecule has 0 aliphatic heterocycles. The zero-order valence-corrected chi connectivity index (χ0v) is 7.05. The summed E-state index contributed by atoms with van der Waals surface area (Å²) in [5.74, 6) is -0.812. The third-order valence-corrected chi connectivity index (χ3v) is 1.18. The highest BCUT2D eigenvalue weighted by Gasteiger charge is 2.13. The van der Waals surface area contributed by atoms with Crippen LogP contribution < -0.4 is 0 Å². The Labute approximate surface area is 66.6 Å². The van der Waals surface area contributed by atoms with Crippen LogP contribution in [0, 0.1) is 0 Å². The van der Waals surface area contributed by atoms with E-state index >= 15 is 0 Å². The van der Waals surface area contributed by atoms with Gasteiger partial charge in [-0.15, -0.1) is 0 Å². The number of Topliss-reactive ketones (excluding diaryl/α,β-unsaturated/α-hetero) is 1. The molecule has 1 aliphatic carbocycles. The van der Waals surface area contributed by atoms with Gasteiger partial charge in [-0.05, 0) is 13.0 Å². The van der Waals surface area contributed by atoms with Gasteiger partial charge in [-0.1, -0.05) is 26.0 Å². The summed E-state index contributed by atoms with van der Waals surface area (Å²) in [5.41, 5.74) is 0.516. The normalized spacial score (nSPS) is 15.4. The number of rotatable bonds is 0. The maximum absolute atomic E-state index is 10.7. The van der Waals surface area contributed by atoms with E-state index in [0.717, 1.165) is 0 Å². The molecule has 0 aromatic carbocycles. The summed E-state index contributed by atoms with van der Waals surface area (Å²) in [6.45, 7) is 5.63. The van der Waals surface area contributed by atoms with Crippen LogP contribution in [-0.4, -0.2) is 11.6 Å². The third kappa shape index (κ3) is 2.50. The van der Waals surface area contributed by atoms with Crippen molar-refractivity contribution in [2.75, 3.05) is 0 Å². The standard InChI is InChI=1S/C7H6O2.C2H6/c1-5-3-2-4-6(8)7(5)9;1-2/h2-4H,1H3;1-2H3. The van der Waals surface area contributed by atoms with Gasteiger partial charge in [0.1, 0.15) is 0 Å². The van der Waals surface area contributed by atoms with E-state index in [1.165, 1.54) is 6.08 Å². The quantitative estimate of drug-likeness (QED) is 0.391. The van der Waals surface area contributed by atoms with Gasteiger partial charge in [-0.3, -0.25) is 9.59 Å². The highest BCUT2D eigenvalue weighted by molar-refractivity contribution is 6.48. The molecule has 2 nitrogen and oxygen atoms in total. The van der Waals surface area contributed by atoms with Crippen molar-refractivity contribution in [2.45, 2.75) is 20.8 Å². The average Bonchev–Trinajstić information content (AvgIpc) is 2.04. The minimum atomic E-state index is -0.421. The summed E-state index contributed by atoms with van der Waals surface area (Å²) < 4.78 is 0. The largest absolute Gasteiger partial charge is 0.286 e. The highest BCUT2D eigenvalue weighted by Crippen LogP contribution is 2.02. The molecule has 0 N–H and O–H groups in total. The first-order valence-electron chi connectivity index (χ1n) is 3.65. The lowest BCUT2D eigenvalue weighted by Crippen LogP contribution is -2.13. The van der Waals surface area contributed by atoms with Crippen molar-refractivity contribution in [3.05, 3.63) is 23.8 Å². The van der Waals surface area contributed by atoms with E-state index in [9.17, 15) is 9.59 Å². The fourth-order valence-corrected chi connectivity index (χ4v) is 0.626. The first-order chi connectivity index (χ1) is 5.22. The summed E-state index contributed by atoms with van der Waals surface area (Å²) in [7, 11) is 0. The molecule has 0 aromatic heterocycles. The summed E-state index contributed by atoms with van der Waals surface area (Å²) in [6.07, 6.45) is 4.48. The van der Waals surface area contributed by atoms with Gasteiger partial charge in [-0.25, -0.2) is 0 Å². The number of carbonyl (C=O) groups is 2. The first-order valence-corrected chi connectivity index (χ1v) is 3.65. The summed E-state index contributed by atoms with van der Waals surface area (Å²) in [4.78, 5) is 21.2. The van der Waals surface area contributed by atoms with E-state index in [1.54, 1.807) is 19.1 Å². The molecule has 0 heterocycles. The molecule has 0 atom stereocenters. The zero-order chi connectivity index (χ0) is 8.85. The third-order valence-electron chi connectivity index (χ3n) is 1.18. The molecular formula is C9H12O2. The van der Waals surface area contributed by atoms with Gasteiger partial charge >= 0.3 is 0 Å². The highest BCUT2D eigenvalue weighted by atomic mass is 16.2. The van der Waals surface area contributed by atoms with Crippen LogP contribution in [0.3, 0.4) is 0 Å². The van der Waals surface area contributed by atoms with Crippen molar-refractivity contribution >= 4 is 11.6 Å². The molecular weight excluding hydrogens is 140 g/mol. The van der Waals surface area contributed by atoms with Crippen molar-refractivity contribution in [3.63, 3.8) is 0 Å². The minimum absolute atomic E-state index is 0.391. The number of allylic oxidation sites excluding steroid dienone is 4. The summed E-state index contributed by atoms with van der Waals surface area (Å²) in [6, 6.07) is 0. The molecule has 1 aliphatic rings. The summed E-state index contributed by atoms with van der Waals surface area (Å²) in [5, 5.41) is 0. The molecule has 60 valence electrons. The van der Waals surface area contributed by atoms with E-state index < -0.39 is 11.6 Å². The van der Waals surface area contributed by atoms with E-state index in [1.807, 2.05) is 13.8 Å². The number of hydrogen-bond donors (Lipinski definition) is 0. The molecule has 0 aromatic rings. The van der Waals surface area contributed by atoms with Gasteiger partial charge in [0.25, 0.3) is 0 Å². The second-order valence-electron chi connectivity index (χ2n) is 1.90. The molecule has 0 spiro atoms. The van der Waals surface area contributed by atoms with Crippen molar-refractivity contribution in [2.24, 2.45) is 0 Å².